The van der Waals surface area contributed by atoms with E-state index < -0.39 is 0 Å². The molecule has 1 aromatic heterocycles. The SMILES string of the molecule is Cc1cc(C(C)NC(=O)CCCl)c(C)s1. The largest absolute Gasteiger partial charge is 0.350 e. The maximum absolute atomic E-state index is 11.4. The molecule has 2 nitrogen and oxygen atoms in total. The summed E-state index contributed by atoms with van der Waals surface area (Å²) in [6, 6.07) is 2.21. The molecule has 15 heavy (non-hydrogen) atoms. The Morgan fingerprint density at radius 2 is 2.27 bits per heavy atom. The van der Waals surface area contributed by atoms with E-state index in [1.807, 2.05) is 6.92 Å². The topological polar surface area (TPSA) is 29.1 Å². The van der Waals surface area contributed by atoms with Crippen LogP contribution in [-0.2, 0) is 4.79 Å². The fourth-order valence-corrected chi connectivity index (χ4v) is 2.75. The van der Waals surface area contributed by atoms with Gasteiger partial charge >= 0.3 is 0 Å². The van der Waals surface area contributed by atoms with Gasteiger partial charge in [-0.3, -0.25) is 4.79 Å². The molecule has 0 bridgehead atoms. The van der Waals surface area contributed by atoms with E-state index >= 15 is 0 Å². The minimum Gasteiger partial charge on any atom is -0.350 e. The number of thiophene rings is 1. The maximum atomic E-state index is 11.4. The summed E-state index contributed by atoms with van der Waals surface area (Å²) in [6.07, 6.45) is 0.383. The van der Waals surface area contributed by atoms with Crippen LogP contribution in [0.2, 0.25) is 0 Å². The summed E-state index contributed by atoms with van der Waals surface area (Å²) in [7, 11) is 0. The lowest BCUT2D eigenvalue weighted by atomic mass is 10.1. The standard InChI is InChI=1S/C11H16ClNOS/c1-7-6-10(9(3)15-7)8(2)13-11(14)4-5-12/h6,8H,4-5H2,1-3H3,(H,13,14). The molecule has 1 rings (SSSR count). The first-order chi connectivity index (χ1) is 7.04. The normalized spacial score (nSPS) is 12.5. The molecule has 0 spiro atoms. The van der Waals surface area contributed by atoms with Gasteiger partial charge < -0.3 is 5.32 Å². The van der Waals surface area contributed by atoms with Gasteiger partial charge in [0.2, 0.25) is 5.91 Å². The number of carbonyl (C=O) groups excluding carboxylic acids is 1. The van der Waals surface area contributed by atoms with Gasteiger partial charge in [0.25, 0.3) is 0 Å². The van der Waals surface area contributed by atoms with Gasteiger partial charge in [0, 0.05) is 22.1 Å². The minimum absolute atomic E-state index is 0.0146. The Labute approximate surface area is 99.6 Å². The van der Waals surface area contributed by atoms with Gasteiger partial charge in [-0.1, -0.05) is 0 Å². The smallest absolute Gasteiger partial charge is 0.221 e. The first-order valence-corrected chi connectivity index (χ1v) is 6.32. The second-order valence-corrected chi connectivity index (χ2v) is 5.44. The number of carbonyl (C=O) groups is 1. The van der Waals surface area contributed by atoms with E-state index in [4.69, 9.17) is 11.6 Å². The van der Waals surface area contributed by atoms with Crippen LogP contribution < -0.4 is 5.32 Å². The number of alkyl halides is 1. The zero-order valence-electron chi connectivity index (χ0n) is 9.26. The summed E-state index contributed by atoms with van der Waals surface area (Å²) in [6.45, 7) is 6.16. The highest BCUT2D eigenvalue weighted by Crippen LogP contribution is 2.26. The Balaban J connectivity index is 2.64. The molecule has 1 unspecified atom stereocenters. The molecule has 0 aromatic carbocycles. The minimum atomic E-state index is 0.0146. The van der Waals surface area contributed by atoms with Crippen LogP contribution in [0.25, 0.3) is 0 Å². The summed E-state index contributed by atoms with van der Waals surface area (Å²) >= 11 is 7.26. The predicted molar refractivity (Wildman–Crippen MR) is 65.7 cm³/mol. The van der Waals surface area contributed by atoms with Crippen molar-refractivity contribution in [3.8, 4) is 0 Å². The van der Waals surface area contributed by atoms with Crippen molar-refractivity contribution in [2.45, 2.75) is 33.2 Å². The van der Waals surface area contributed by atoms with Crippen LogP contribution in [0.1, 0.15) is 34.7 Å². The molecule has 84 valence electrons. The van der Waals surface area contributed by atoms with Crippen LogP contribution >= 0.6 is 22.9 Å². The lowest BCUT2D eigenvalue weighted by Gasteiger charge is -2.13. The van der Waals surface area contributed by atoms with E-state index in [9.17, 15) is 4.79 Å². The number of halogens is 1. The highest BCUT2D eigenvalue weighted by molar-refractivity contribution is 7.12. The number of aryl methyl sites for hydroxylation is 2. The number of rotatable bonds is 4. The van der Waals surface area contributed by atoms with E-state index in [1.165, 1.54) is 15.3 Å². The Morgan fingerprint density at radius 1 is 1.60 bits per heavy atom. The van der Waals surface area contributed by atoms with Crippen molar-refractivity contribution >= 4 is 28.8 Å². The Morgan fingerprint density at radius 3 is 2.73 bits per heavy atom. The summed E-state index contributed by atoms with van der Waals surface area (Å²) < 4.78 is 0. The summed E-state index contributed by atoms with van der Waals surface area (Å²) in [5.41, 5.74) is 1.21. The molecule has 0 saturated carbocycles. The van der Waals surface area contributed by atoms with E-state index in [0.717, 1.165) is 0 Å². The monoisotopic (exact) mass is 245 g/mol. The van der Waals surface area contributed by atoms with Gasteiger partial charge in [0.15, 0.2) is 0 Å². The second-order valence-electron chi connectivity index (χ2n) is 3.60. The van der Waals surface area contributed by atoms with Crippen molar-refractivity contribution in [1.29, 1.82) is 0 Å². The number of hydrogen-bond acceptors (Lipinski definition) is 2. The molecular weight excluding hydrogens is 230 g/mol. The highest BCUT2D eigenvalue weighted by Gasteiger charge is 2.13. The molecule has 0 fully saturated rings. The van der Waals surface area contributed by atoms with Crippen LogP contribution in [0.5, 0.6) is 0 Å². The molecule has 1 amide bonds. The van der Waals surface area contributed by atoms with Gasteiger partial charge in [-0.15, -0.1) is 22.9 Å². The second kappa shape index (κ2) is 5.52. The average molecular weight is 246 g/mol. The molecule has 0 aliphatic carbocycles. The molecular formula is C11H16ClNOS. The molecule has 0 radical (unpaired) electrons. The van der Waals surface area contributed by atoms with Crippen LogP contribution in [0.3, 0.4) is 0 Å². The zero-order valence-corrected chi connectivity index (χ0v) is 10.8. The highest BCUT2D eigenvalue weighted by atomic mass is 35.5. The lowest BCUT2D eigenvalue weighted by Crippen LogP contribution is -2.26. The third-order valence-corrected chi connectivity index (χ3v) is 3.42. The summed E-state index contributed by atoms with van der Waals surface area (Å²) in [5.74, 6) is 0.390. The number of hydrogen-bond donors (Lipinski definition) is 1. The molecule has 1 atom stereocenters. The van der Waals surface area contributed by atoms with Gasteiger partial charge in [-0.05, 0) is 32.4 Å². The molecule has 0 aliphatic rings. The molecule has 1 aromatic rings. The van der Waals surface area contributed by atoms with Crippen molar-refractivity contribution in [2.24, 2.45) is 0 Å². The maximum Gasteiger partial charge on any atom is 0.221 e. The third-order valence-electron chi connectivity index (χ3n) is 2.24. The molecule has 1 N–H and O–H groups in total. The van der Waals surface area contributed by atoms with Crippen molar-refractivity contribution < 1.29 is 4.79 Å². The summed E-state index contributed by atoms with van der Waals surface area (Å²) in [4.78, 5) is 13.9. The van der Waals surface area contributed by atoms with Crippen LogP contribution in [0.4, 0.5) is 0 Å². The van der Waals surface area contributed by atoms with Crippen molar-refractivity contribution in [3.05, 3.63) is 21.4 Å². The van der Waals surface area contributed by atoms with E-state index in [1.54, 1.807) is 11.3 Å². The average Bonchev–Trinajstić information content (AvgIpc) is 2.45. The summed E-state index contributed by atoms with van der Waals surface area (Å²) in [5, 5.41) is 2.93. The first-order valence-electron chi connectivity index (χ1n) is 4.97. The van der Waals surface area contributed by atoms with Gasteiger partial charge in [-0.2, -0.15) is 0 Å². The molecule has 0 saturated heterocycles. The number of amides is 1. The van der Waals surface area contributed by atoms with E-state index in [0.29, 0.717) is 12.3 Å². The molecule has 4 heteroatoms. The fourth-order valence-electron chi connectivity index (χ4n) is 1.56. The third kappa shape index (κ3) is 3.50. The van der Waals surface area contributed by atoms with Gasteiger partial charge in [0.1, 0.15) is 0 Å². The Kier molecular flexibility index (Phi) is 4.61. The van der Waals surface area contributed by atoms with Gasteiger partial charge in [-0.25, -0.2) is 0 Å². The lowest BCUT2D eigenvalue weighted by molar-refractivity contribution is -0.121. The Bertz CT molecular complexity index is 348. The van der Waals surface area contributed by atoms with E-state index in [2.05, 4.69) is 25.2 Å². The van der Waals surface area contributed by atoms with Gasteiger partial charge in [0.05, 0.1) is 6.04 Å². The van der Waals surface area contributed by atoms with E-state index in [-0.39, 0.29) is 11.9 Å². The van der Waals surface area contributed by atoms with Crippen LogP contribution in [-0.4, -0.2) is 11.8 Å². The number of nitrogens with one attached hydrogen (secondary N) is 1. The van der Waals surface area contributed by atoms with Crippen molar-refractivity contribution in [3.63, 3.8) is 0 Å². The Hall–Kier alpha value is -0.540. The van der Waals surface area contributed by atoms with Crippen LogP contribution in [0.15, 0.2) is 6.07 Å². The molecule has 1 heterocycles. The van der Waals surface area contributed by atoms with Crippen LogP contribution in [0, 0.1) is 13.8 Å². The quantitative estimate of drug-likeness (QED) is 0.812. The van der Waals surface area contributed by atoms with Crippen molar-refractivity contribution in [2.75, 3.05) is 5.88 Å². The zero-order chi connectivity index (χ0) is 11.4. The first kappa shape index (κ1) is 12.5. The predicted octanol–water partition coefficient (Wildman–Crippen LogP) is 3.17. The fraction of sp³-hybridized carbons (Fsp3) is 0.545. The van der Waals surface area contributed by atoms with Crippen molar-refractivity contribution in [1.82, 2.24) is 5.32 Å². The molecule has 0 aliphatic heterocycles.